The molecule has 7 aliphatic heterocycles. The van der Waals surface area contributed by atoms with Gasteiger partial charge in [-0.05, 0) is 88.9 Å². The monoisotopic (exact) mass is 870 g/mol. The third-order valence-corrected chi connectivity index (χ3v) is 14.7. The topological polar surface area (TPSA) is 190 Å². The standard InChI is InChI=1S/C45H50N4O12S/c1-20-12-24-13-26-27(16-46)48-28-17-57-42(53)45(25-15-30(55-8)29(51)14-23(25)10-11-47(45)7)18-62-41(33-32(28)40-39(58-19-59-40)21(2)38(33)60-22(3)50)35(48)34(31(24)36(52)37(20)56-9)49(26)43(54)61-44(4,5)6/h12,14-15,26-28,34-35,41,51-52H,10-11,13,17-19H2,1-9H3/t26-,27+,28-,34+,35?,41-,45-/m1/s1. The van der Waals surface area contributed by atoms with Crippen molar-refractivity contribution in [3.05, 3.63) is 62.7 Å². The van der Waals surface area contributed by atoms with Gasteiger partial charge in [0.25, 0.3) is 0 Å². The van der Waals surface area contributed by atoms with E-state index < -0.39 is 64.6 Å². The highest BCUT2D eigenvalue weighted by Crippen LogP contribution is 2.65. The molecule has 16 nitrogen and oxygen atoms in total. The van der Waals surface area contributed by atoms with Crippen LogP contribution in [0.2, 0.25) is 0 Å². The van der Waals surface area contributed by atoms with E-state index in [0.717, 1.165) is 11.1 Å². The highest BCUT2D eigenvalue weighted by molar-refractivity contribution is 7.99. The third-order valence-electron chi connectivity index (χ3n) is 13.2. The van der Waals surface area contributed by atoms with E-state index in [0.29, 0.717) is 57.8 Å². The molecule has 1 spiro atoms. The van der Waals surface area contributed by atoms with Gasteiger partial charge in [-0.2, -0.15) is 5.26 Å². The molecule has 2 saturated heterocycles. The molecule has 4 bridgehead atoms. The van der Waals surface area contributed by atoms with Crippen LogP contribution in [-0.2, 0) is 37.4 Å². The zero-order valence-electron chi connectivity index (χ0n) is 36.1. The summed E-state index contributed by atoms with van der Waals surface area (Å²) < 4.78 is 42.6. The van der Waals surface area contributed by atoms with E-state index in [-0.39, 0.29) is 54.3 Å². The van der Waals surface area contributed by atoms with Crippen molar-refractivity contribution in [3.63, 3.8) is 0 Å². The molecular weight excluding hydrogens is 821 g/mol. The first-order chi connectivity index (χ1) is 29.5. The number of aromatic hydroxyl groups is 2. The fraction of sp³-hybridized carbons (Fsp3) is 0.511. The lowest BCUT2D eigenvalue weighted by Crippen LogP contribution is -2.71. The van der Waals surface area contributed by atoms with Crippen molar-refractivity contribution in [2.75, 3.05) is 47.0 Å². The Bertz CT molecular complexity index is 2480. The van der Waals surface area contributed by atoms with Gasteiger partial charge in [0.1, 0.15) is 24.0 Å². The van der Waals surface area contributed by atoms with Crippen LogP contribution < -0.4 is 23.7 Å². The van der Waals surface area contributed by atoms with Crippen molar-refractivity contribution in [2.45, 2.75) is 101 Å². The first-order valence-electron chi connectivity index (χ1n) is 20.6. The largest absolute Gasteiger partial charge is 0.504 e. The minimum absolute atomic E-state index is 0.0469. The van der Waals surface area contributed by atoms with Crippen molar-refractivity contribution in [1.82, 2.24) is 14.7 Å². The minimum Gasteiger partial charge on any atom is -0.504 e. The normalized spacial score (nSPS) is 27.2. The van der Waals surface area contributed by atoms with Crippen molar-refractivity contribution >= 4 is 29.8 Å². The fourth-order valence-corrected chi connectivity index (χ4v) is 12.6. The Kier molecular flexibility index (Phi) is 9.95. The van der Waals surface area contributed by atoms with Gasteiger partial charge in [0.05, 0.1) is 49.7 Å². The number of amides is 1. The number of esters is 2. The molecule has 3 aromatic rings. The zero-order valence-corrected chi connectivity index (χ0v) is 36.9. The molecule has 10 rings (SSSR count). The summed E-state index contributed by atoms with van der Waals surface area (Å²) in [5, 5.41) is 33.9. The number of benzene rings is 3. The molecule has 7 aliphatic rings. The number of rotatable bonds is 3. The summed E-state index contributed by atoms with van der Waals surface area (Å²) in [7, 11) is 4.77. The number of thioether (sulfide) groups is 1. The van der Waals surface area contributed by atoms with Crippen LogP contribution in [0.25, 0.3) is 0 Å². The van der Waals surface area contributed by atoms with Crippen LogP contribution in [-0.4, -0.2) is 114 Å². The molecule has 17 heteroatoms. The summed E-state index contributed by atoms with van der Waals surface area (Å²) in [6.07, 6.45) is 0.0440. The van der Waals surface area contributed by atoms with Gasteiger partial charge in [0, 0.05) is 41.5 Å². The molecular formula is C45H50N4O12S. The van der Waals surface area contributed by atoms with Crippen LogP contribution in [0.15, 0.2) is 18.2 Å². The Morgan fingerprint density at radius 1 is 1.00 bits per heavy atom. The Labute approximate surface area is 363 Å². The smallest absolute Gasteiger partial charge is 0.411 e. The highest BCUT2D eigenvalue weighted by atomic mass is 32.2. The second kappa shape index (κ2) is 14.8. The van der Waals surface area contributed by atoms with Gasteiger partial charge in [0.2, 0.25) is 6.79 Å². The second-order valence-electron chi connectivity index (χ2n) is 17.8. The molecule has 1 unspecified atom stereocenters. The van der Waals surface area contributed by atoms with Crippen molar-refractivity contribution in [3.8, 4) is 46.3 Å². The summed E-state index contributed by atoms with van der Waals surface area (Å²) in [6, 6.07) is 3.21. The summed E-state index contributed by atoms with van der Waals surface area (Å²) in [5.41, 5.74) is 2.45. The third kappa shape index (κ3) is 5.96. The number of hydrogen-bond donors (Lipinski definition) is 2. The summed E-state index contributed by atoms with van der Waals surface area (Å²) >= 11 is 1.38. The van der Waals surface area contributed by atoms with Crippen LogP contribution >= 0.6 is 11.8 Å². The predicted molar refractivity (Wildman–Crippen MR) is 223 cm³/mol. The average molecular weight is 871 g/mol. The maximum Gasteiger partial charge on any atom is 0.411 e. The number of piperazine rings is 1. The van der Waals surface area contributed by atoms with Crippen LogP contribution in [0.1, 0.15) is 89.5 Å². The lowest BCUT2D eigenvalue weighted by atomic mass is 9.71. The number of likely N-dealkylation sites (N-methyl/N-ethyl adjacent to an activating group) is 1. The van der Waals surface area contributed by atoms with Crippen molar-refractivity contribution < 1.29 is 57.8 Å². The molecule has 0 radical (unpaired) electrons. The Balaban J connectivity index is 1.37. The number of ether oxygens (including phenoxy) is 7. The maximum atomic E-state index is 15.1. The predicted octanol–water partition coefficient (Wildman–Crippen LogP) is 5.63. The van der Waals surface area contributed by atoms with Gasteiger partial charge in [-0.25, -0.2) is 9.59 Å². The van der Waals surface area contributed by atoms with E-state index in [2.05, 4.69) is 6.07 Å². The van der Waals surface area contributed by atoms with Crippen LogP contribution in [0.5, 0.6) is 40.2 Å². The van der Waals surface area contributed by atoms with Gasteiger partial charge in [-0.1, -0.05) is 6.07 Å². The Morgan fingerprint density at radius 2 is 1.74 bits per heavy atom. The number of nitrogens with zero attached hydrogens (tertiary/aromatic N) is 4. The Hall–Kier alpha value is -5.57. The average Bonchev–Trinajstić information content (AvgIpc) is 3.70. The number of fused-ring (bicyclic) bond motifs is 9. The Morgan fingerprint density at radius 3 is 2.42 bits per heavy atom. The number of aryl methyl sites for hydroxylation is 1. The van der Waals surface area contributed by atoms with E-state index in [1.165, 1.54) is 32.9 Å². The fourth-order valence-electron chi connectivity index (χ4n) is 10.8. The number of carbonyl (C=O) groups is 3. The number of phenols is 2. The van der Waals surface area contributed by atoms with E-state index in [1.807, 2.05) is 29.8 Å². The zero-order chi connectivity index (χ0) is 44.3. The lowest BCUT2D eigenvalue weighted by molar-refractivity contribution is -0.163. The quantitative estimate of drug-likeness (QED) is 0.243. The number of nitriles is 1. The first-order valence-corrected chi connectivity index (χ1v) is 21.6. The number of hydrogen-bond acceptors (Lipinski definition) is 16. The van der Waals surface area contributed by atoms with Crippen LogP contribution in [0.4, 0.5) is 4.79 Å². The van der Waals surface area contributed by atoms with Crippen LogP contribution in [0.3, 0.4) is 0 Å². The molecule has 62 heavy (non-hydrogen) atoms. The highest BCUT2D eigenvalue weighted by Gasteiger charge is 2.64. The summed E-state index contributed by atoms with van der Waals surface area (Å²) in [5.74, 6) is 0.108. The molecule has 3 aromatic carbocycles. The van der Waals surface area contributed by atoms with Crippen LogP contribution in [0, 0.1) is 25.2 Å². The van der Waals surface area contributed by atoms with E-state index in [4.69, 9.17) is 33.2 Å². The van der Waals surface area contributed by atoms with E-state index >= 15 is 4.79 Å². The molecule has 1 amide bonds. The van der Waals surface area contributed by atoms with Crippen molar-refractivity contribution in [2.24, 2.45) is 0 Å². The first kappa shape index (κ1) is 41.8. The van der Waals surface area contributed by atoms with Gasteiger partial charge in [-0.3, -0.25) is 19.5 Å². The molecule has 7 heterocycles. The molecule has 0 saturated carbocycles. The van der Waals surface area contributed by atoms with E-state index in [1.54, 1.807) is 44.7 Å². The summed E-state index contributed by atoms with van der Waals surface area (Å²) in [4.78, 5) is 48.7. The van der Waals surface area contributed by atoms with E-state index in [9.17, 15) is 25.1 Å². The number of methoxy groups -OCH3 is 2. The minimum atomic E-state index is -1.43. The number of phenolic OH excluding ortho intramolecular Hbond substituents is 2. The summed E-state index contributed by atoms with van der Waals surface area (Å²) in [6.45, 7) is 10.3. The maximum absolute atomic E-state index is 15.1. The van der Waals surface area contributed by atoms with Gasteiger partial charge in [0.15, 0.2) is 40.0 Å². The second-order valence-corrected chi connectivity index (χ2v) is 18.9. The molecule has 328 valence electrons. The van der Waals surface area contributed by atoms with Gasteiger partial charge in [-0.15, -0.1) is 11.8 Å². The molecule has 0 aliphatic carbocycles. The molecule has 7 atom stereocenters. The molecule has 2 N–H and O–H groups in total. The van der Waals surface area contributed by atoms with Crippen molar-refractivity contribution in [1.29, 1.82) is 5.26 Å². The van der Waals surface area contributed by atoms with Gasteiger partial charge >= 0.3 is 18.0 Å². The number of carbonyl (C=O) groups excluding carboxylic acids is 3. The molecule has 0 aromatic heterocycles. The molecule has 2 fully saturated rings. The van der Waals surface area contributed by atoms with Gasteiger partial charge < -0.3 is 43.4 Å². The lowest BCUT2D eigenvalue weighted by Gasteiger charge is -2.62. The SMILES string of the molecule is COc1cc2c(cc1O)CCN(C)[C@]21CS[C@@H]2c3c(OC(C)=O)c(C)c4c(c3[C@@H](COC1=O)N1C2[C@@H]2c3c(cc(C)c(OC)c3O)C[C@H]([C@@H]1C#N)N2C(=O)OC(C)(C)C)OCO4.